The lowest BCUT2D eigenvalue weighted by atomic mass is 10.2. The number of halogens is 1. The number of carbonyl (C=O) groups is 1. The average molecular weight is 228 g/mol. The molecule has 0 unspecified atom stereocenters. The van der Waals surface area contributed by atoms with Crippen LogP contribution in [0.3, 0.4) is 0 Å². The number of nitrogens with zero attached hydrogens (tertiary/aromatic N) is 1. The Labute approximate surface area is 94.6 Å². The summed E-state index contributed by atoms with van der Waals surface area (Å²) in [6.07, 6.45) is 0. The molecule has 1 rings (SSSR count). The van der Waals surface area contributed by atoms with E-state index < -0.39 is 0 Å². The van der Waals surface area contributed by atoms with Crippen molar-refractivity contribution < 1.29 is 9.53 Å². The lowest BCUT2D eigenvalue weighted by molar-refractivity contribution is 0.0803. The van der Waals surface area contributed by atoms with Gasteiger partial charge < -0.3 is 9.64 Å². The van der Waals surface area contributed by atoms with Gasteiger partial charge in [-0.1, -0.05) is 6.07 Å². The van der Waals surface area contributed by atoms with Crippen molar-refractivity contribution in [1.29, 1.82) is 0 Å². The predicted molar refractivity (Wildman–Crippen MR) is 60.7 cm³/mol. The van der Waals surface area contributed by atoms with Gasteiger partial charge in [-0.3, -0.25) is 4.79 Å². The number of methoxy groups -OCH3 is 1. The third kappa shape index (κ3) is 3.13. The summed E-state index contributed by atoms with van der Waals surface area (Å²) in [6, 6.07) is 7.07. The molecule has 1 aromatic carbocycles. The molecule has 3 nitrogen and oxygen atoms in total. The number of rotatable bonds is 4. The van der Waals surface area contributed by atoms with Gasteiger partial charge in [0.25, 0.3) is 5.91 Å². The van der Waals surface area contributed by atoms with Gasteiger partial charge in [-0.15, -0.1) is 11.6 Å². The van der Waals surface area contributed by atoms with Gasteiger partial charge in [0.1, 0.15) is 5.75 Å². The van der Waals surface area contributed by atoms with E-state index in [0.29, 0.717) is 23.7 Å². The fraction of sp³-hybridized carbons (Fsp3) is 0.364. The molecule has 0 fully saturated rings. The lowest BCUT2D eigenvalue weighted by Gasteiger charge is -2.15. The molecule has 1 aromatic rings. The van der Waals surface area contributed by atoms with Crippen molar-refractivity contribution in [3.05, 3.63) is 29.8 Å². The third-order valence-corrected chi connectivity index (χ3v) is 2.25. The van der Waals surface area contributed by atoms with Crippen LogP contribution >= 0.6 is 11.6 Å². The maximum absolute atomic E-state index is 11.8. The Morgan fingerprint density at radius 3 is 2.87 bits per heavy atom. The lowest BCUT2D eigenvalue weighted by Crippen LogP contribution is -2.28. The summed E-state index contributed by atoms with van der Waals surface area (Å²) in [6.45, 7) is 0.539. The molecule has 0 aromatic heterocycles. The predicted octanol–water partition coefficient (Wildman–Crippen LogP) is 2.01. The number of benzene rings is 1. The van der Waals surface area contributed by atoms with Crippen molar-refractivity contribution in [3.63, 3.8) is 0 Å². The monoisotopic (exact) mass is 227 g/mol. The Morgan fingerprint density at radius 2 is 2.27 bits per heavy atom. The van der Waals surface area contributed by atoms with Crippen LogP contribution in [0.4, 0.5) is 0 Å². The van der Waals surface area contributed by atoms with E-state index in [-0.39, 0.29) is 5.91 Å². The van der Waals surface area contributed by atoms with Crippen molar-refractivity contribution in [2.45, 2.75) is 0 Å². The summed E-state index contributed by atoms with van der Waals surface area (Å²) in [5.74, 6) is 1.07. The molecule has 0 aliphatic heterocycles. The number of hydrogen-bond acceptors (Lipinski definition) is 2. The SMILES string of the molecule is COc1cccc(C(=O)N(C)CCCl)c1. The molecule has 0 aliphatic rings. The van der Waals surface area contributed by atoms with Gasteiger partial charge >= 0.3 is 0 Å². The normalized spacial score (nSPS) is 9.80. The molecule has 1 amide bonds. The zero-order chi connectivity index (χ0) is 11.3. The van der Waals surface area contributed by atoms with Crippen LogP contribution in [0.25, 0.3) is 0 Å². The minimum atomic E-state index is -0.0467. The molecule has 15 heavy (non-hydrogen) atoms. The molecule has 0 spiro atoms. The first kappa shape index (κ1) is 11.9. The molecule has 4 heteroatoms. The number of amides is 1. The Kier molecular flexibility index (Phi) is 4.43. The topological polar surface area (TPSA) is 29.5 Å². The Bertz CT molecular complexity index is 341. The van der Waals surface area contributed by atoms with Gasteiger partial charge in [0.05, 0.1) is 7.11 Å². The summed E-state index contributed by atoms with van der Waals surface area (Å²) in [4.78, 5) is 13.4. The number of ether oxygens (including phenoxy) is 1. The molecule has 0 bridgehead atoms. The summed E-state index contributed by atoms with van der Waals surface area (Å²) in [5.41, 5.74) is 0.613. The molecule has 0 saturated heterocycles. The summed E-state index contributed by atoms with van der Waals surface area (Å²) in [7, 11) is 3.30. The number of hydrogen-bond donors (Lipinski definition) is 0. The Morgan fingerprint density at radius 1 is 1.53 bits per heavy atom. The van der Waals surface area contributed by atoms with Crippen LogP contribution in [-0.2, 0) is 0 Å². The molecule has 0 radical (unpaired) electrons. The minimum Gasteiger partial charge on any atom is -0.497 e. The Balaban J connectivity index is 2.81. The van der Waals surface area contributed by atoms with Crippen LogP contribution in [0.1, 0.15) is 10.4 Å². The van der Waals surface area contributed by atoms with Crippen LogP contribution in [0, 0.1) is 0 Å². The number of carbonyl (C=O) groups excluding carboxylic acids is 1. The van der Waals surface area contributed by atoms with Gasteiger partial charge in [0, 0.05) is 25.0 Å². The minimum absolute atomic E-state index is 0.0467. The second-order valence-corrected chi connectivity index (χ2v) is 3.53. The molecule has 0 N–H and O–H groups in total. The molecule has 0 atom stereocenters. The van der Waals surface area contributed by atoms with Crippen molar-refractivity contribution in [3.8, 4) is 5.75 Å². The second kappa shape index (κ2) is 5.61. The first-order valence-electron chi connectivity index (χ1n) is 4.64. The zero-order valence-corrected chi connectivity index (χ0v) is 9.62. The molecule has 82 valence electrons. The smallest absolute Gasteiger partial charge is 0.253 e. The van der Waals surface area contributed by atoms with Crippen molar-refractivity contribution in [2.24, 2.45) is 0 Å². The van der Waals surface area contributed by atoms with Gasteiger partial charge in [-0.25, -0.2) is 0 Å². The standard InChI is InChI=1S/C11H14ClNO2/c1-13(7-6-12)11(14)9-4-3-5-10(8-9)15-2/h3-5,8H,6-7H2,1-2H3. The quantitative estimate of drug-likeness (QED) is 0.737. The van der Waals surface area contributed by atoms with E-state index in [0.717, 1.165) is 0 Å². The summed E-state index contributed by atoms with van der Waals surface area (Å²) in [5, 5.41) is 0. The van der Waals surface area contributed by atoms with Gasteiger partial charge in [-0.05, 0) is 18.2 Å². The third-order valence-electron chi connectivity index (χ3n) is 2.08. The van der Waals surface area contributed by atoms with Crippen LogP contribution in [0.2, 0.25) is 0 Å². The maximum atomic E-state index is 11.8. The van der Waals surface area contributed by atoms with E-state index in [1.165, 1.54) is 0 Å². The maximum Gasteiger partial charge on any atom is 0.253 e. The van der Waals surface area contributed by atoms with Crippen LogP contribution < -0.4 is 4.74 Å². The molecule has 0 saturated carbocycles. The highest BCUT2D eigenvalue weighted by Crippen LogP contribution is 2.13. The van der Waals surface area contributed by atoms with E-state index in [1.807, 2.05) is 0 Å². The van der Waals surface area contributed by atoms with Crippen LogP contribution in [0.5, 0.6) is 5.75 Å². The highest BCUT2D eigenvalue weighted by Gasteiger charge is 2.11. The highest BCUT2D eigenvalue weighted by atomic mass is 35.5. The first-order valence-corrected chi connectivity index (χ1v) is 5.18. The van der Waals surface area contributed by atoms with E-state index >= 15 is 0 Å². The largest absolute Gasteiger partial charge is 0.497 e. The van der Waals surface area contributed by atoms with Gasteiger partial charge in [0.2, 0.25) is 0 Å². The average Bonchev–Trinajstić information content (AvgIpc) is 2.28. The zero-order valence-electron chi connectivity index (χ0n) is 8.87. The Hall–Kier alpha value is -1.22. The van der Waals surface area contributed by atoms with Crippen LogP contribution in [0.15, 0.2) is 24.3 Å². The van der Waals surface area contributed by atoms with Crippen molar-refractivity contribution in [1.82, 2.24) is 4.90 Å². The van der Waals surface area contributed by atoms with E-state index in [2.05, 4.69) is 0 Å². The van der Waals surface area contributed by atoms with Crippen molar-refractivity contribution in [2.75, 3.05) is 26.6 Å². The van der Waals surface area contributed by atoms with E-state index in [9.17, 15) is 4.79 Å². The molecular formula is C11H14ClNO2. The van der Waals surface area contributed by atoms with Gasteiger partial charge in [-0.2, -0.15) is 0 Å². The highest BCUT2D eigenvalue weighted by molar-refractivity contribution is 6.18. The van der Waals surface area contributed by atoms with Crippen molar-refractivity contribution >= 4 is 17.5 Å². The molecular weight excluding hydrogens is 214 g/mol. The fourth-order valence-electron chi connectivity index (χ4n) is 1.20. The van der Waals surface area contributed by atoms with E-state index in [4.69, 9.17) is 16.3 Å². The van der Waals surface area contributed by atoms with Crippen LogP contribution in [-0.4, -0.2) is 37.4 Å². The second-order valence-electron chi connectivity index (χ2n) is 3.15. The van der Waals surface area contributed by atoms with E-state index in [1.54, 1.807) is 43.3 Å². The molecule has 0 aliphatic carbocycles. The summed E-state index contributed by atoms with van der Waals surface area (Å²) < 4.78 is 5.05. The number of alkyl halides is 1. The van der Waals surface area contributed by atoms with Gasteiger partial charge in [0.15, 0.2) is 0 Å². The fourth-order valence-corrected chi connectivity index (χ4v) is 1.46. The first-order chi connectivity index (χ1) is 7.19. The molecule has 0 heterocycles. The summed E-state index contributed by atoms with van der Waals surface area (Å²) >= 11 is 5.57.